The van der Waals surface area contributed by atoms with Crippen LogP contribution in [0.15, 0.2) is 0 Å². The van der Waals surface area contributed by atoms with Gasteiger partial charge >= 0.3 is 0 Å². The summed E-state index contributed by atoms with van der Waals surface area (Å²) in [5.41, 5.74) is 0. The van der Waals surface area contributed by atoms with E-state index in [1.807, 2.05) is 32.3 Å². The topological polar surface area (TPSA) is 12.5 Å². The molecule has 0 saturated heterocycles. The van der Waals surface area contributed by atoms with Crippen molar-refractivity contribution >= 4 is 12.0 Å². The highest BCUT2D eigenvalue weighted by Crippen LogP contribution is 1.84. The molecule has 0 aliphatic heterocycles. The Bertz CT molecular complexity index is 38.3. The summed E-state index contributed by atoms with van der Waals surface area (Å²) in [6.07, 6.45) is 3.12. The summed E-state index contributed by atoms with van der Waals surface area (Å²) in [7, 11) is 7.64. The summed E-state index contributed by atoms with van der Waals surface area (Å²) >= 11 is 1.36. The molecule has 0 radical (unpaired) electrons. The predicted octanol–water partition coefficient (Wildman–Crippen LogP) is 2.50. The van der Waals surface area contributed by atoms with Gasteiger partial charge < -0.3 is 9.08 Å². The molecule has 11 heavy (non-hydrogen) atoms. The van der Waals surface area contributed by atoms with Crippen molar-refractivity contribution in [3.63, 3.8) is 0 Å². The lowest BCUT2D eigenvalue weighted by Gasteiger charge is -1.90. The van der Waals surface area contributed by atoms with E-state index in [9.17, 15) is 0 Å². The van der Waals surface area contributed by atoms with Crippen LogP contribution in [0.25, 0.3) is 0 Å². The summed E-state index contributed by atoms with van der Waals surface area (Å²) in [6.45, 7) is 4.25. The van der Waals surface area contributed by atoms with Gasteiger partial charge in [-0.05, 0) is 33.2 Å². The molecule has 0 spiro atoms. The highest BCUT2D eigenvalue weighted by Gasteiger charge is 1.58. The van der Waals surface area contributed by atoms with E-state index in [0.717, 1.165) is 0 Å². The fourth-order valence-electron chi connectivity index (χ4n) is 0. The predicted molar refractivity (Wildman–Crippen MR) is 56.1 cm³/mol. The van der Waals surface area contributed by atoms with Crippen molar-refractivity contribution in [3.05, 3.63) is 0 Å². The number of nitrogens with zero attached hydrogens (tertiary/aromatic N) is 1. The van der Waals surface area contributed by atoms with Gasteiger partial charge in [0, 0.05) is 6.26 Å². The first-order chi connectivity index (χ1) is 5.06. The van der Waals surface area contributed by atoms with Crippen LogP contribution in [0.3, 0.4) is 0 Å². The van der Waals surface area contributed by atoms with Gasteiger partial charge in [-0.3, -0.25) is 0 Å². The smallest absolute Gasteiger partial charge is 0.0503 e. The molecule has 0 fully saturated rings. The van der Waals surface area contributed by atoms with Crippen molar-refractivity contribution in [1.82, 2.24) is 4.90 Å². The van der Waals surface area contributed by atoms with Crippen LogP contribution in [0, 0.1) is 0 Å². The molecular weight excluding hydrogens is 158 g/mol. The Morgan fingerprint density at radius 3 is 1.27 bits per heavy atom. The third-order valence-corrected chi connectivity index (χ3v) is 0.500. The van der Waals surface area contributed by atoms with Gasteiger partial charge in [0.15, 0.2) is 0 Å². The molecule has 0 aromatic heterocycles. The Labute approximate surface area is 76.5 Å². The first kappa shape index (κ1) is 17.4. The Kier molecular flexibility index (Phi) is 35.5. The molecule has 72 valence electrons. The van der Waals surface area contributed by atoms with Gasteiger partial charge in [0.05, 0.1) is 7.11 Å². The molecule has 0 unspecified atom stereocenters. The third-order valence-electron chi connectivity index (χ3n) is 0.167. The fourth-order valence-corrected chi connectivity index (χ4v) is 0. The average Bonchev–Trinajstić information content (AvgIpc) is 1.88. The van der Waals surface area contributed by atoms with Gasteiger partial charge in [-0.1, -0.05) is 20.3 Å². The molecule has 0 atom stereocenters. The molecular formula is C8H23NOS. The Morgan fingerprint density at radius 2 is 1.27 bits per heavy atom. The van der Waals surface area contributed by atoms with Crippen molar-refractivity contribution in [3.8, 4) is 0 Å². The Hall–Kier alpha value is 0.270. The van der Waals surface area contributed by atoms with Crippen molar-refractivity contribution in [2.24, 2.45) is 0 Å². The average molecular weight is 181 g/mol. The van der Waals surface area contributed by atoms with Crippen LogP contribution in [0.1, 0.15) is 20.3 Å². The maximum atomic E-state index is 4.46. The molecule has 0 aromatic rings. The monoisotopic (exact) mass is 181 g/mol. The molecule has 0 heterocycles. The zero-order valence-electron chi connectivity index (χ0n) is 8.97. The van der Waals surface area contributed by atoms with Crippen LogP contribution in [0.5, 0.6) is 0 Å². The Morgan fingerprint density at radius 1 is 1.18 bits per heavy atom. The van der Waals surface area contributed by atoms with E-state index in [-0.39, 0.29) is 0 Å². The van der Waals surface area contributed by atoms with E-state index in [1.54, 1.807) is 7.11 Å². The van der Waals surface area contributed by atoms with Gasteiger partial charge in [0.1, 0.15) is 0 Å². The maximum Gasteiger partial charge on any atom is 0.0503 e. The molecule has 0 N–H and O–H groups in total. The first-order valence-electron chi connectivity index (χ1n) is 3.74. The molecule has 0 aliphatic rings. The molecule has 0 aromatic carbocycles. The number of hydrogen-bond donors (Lipinski definition) is 0. The lowest BCUT2D eigenvalue weighted by molar-refractivity contribution is 0.493. The minimum Gasteiger partial charge on any atom is -0.319 e. The lowest BCUT2D eigenvalue weighted by atomic mass is 10.6. The summed E-state index contributed by atoms with van der Waals surface area (Å²) < 4.78 is 4.46. The molecule has 0 rings (SSSR count). The van der Waals surface area contributed by atoms with Crippen LogP contribution in [-0.2, 0) is 4.18 Å². The van der Waals surface area contributed by atoms with Gasteiger partial charge in [0.2, 0.25) is 0 Å². The normalized spacial score (nSPS) is 7.64. The summed E-state index contributed by atoms with van der Waals surface area (Å²) in [5.74, 6) is 0. The summed E-state index contributed by atoms with van der Waals surface area (Å²) in [5, 5.41) is 0. The summed E-state index contributed by atoms with van der Waals surface area (Å²) in [6, 6.07) is 0. The van der Waals surface area contributed by atoms with E-state index < -0.39 is 0 Å². The van der Waals surface area contributed by atoms with Crippen LogP contribution >= 0.6 is 12.0 Å². The highest BCUT2D eigenvalue weighted by molar-refractivity contribution is 7.93. The van der Waals surface area contributed by atoms with Gasteiger partial charge in [-0.15, -0.1) is 0 Å². The van der Waals surface area contributed by atoms with E-state index in [4.69, 9.17) is 0 Å². The highest BCUT2D eigenvalue weighted by atomic mass is 32.2. The van der Waals surface area contributed by atoms with E-state index in [0.29, 0.717) is 0 Å². The van der Waals surface area contributed by atoms with Crippen molar-refractivity contribution in [2.75, 3.05) is 34.5 Å². The van der Waals surface area contributed by atoms with Crippen LogP contribution in [-0.4, -0.2) is 39.4 Å². The van der Waals surface area contributed by atoms with Gasteiger partial charge in [-0.2, -0.15) is 0 Å². The van der Waals surface area contributed by atoms with Gasteiger partial charge in [-0.25, -0.2) is 0 Å². The standard InChI is InChI=1S/C3H9N.C3H8.C2H6OS/c1-4(2)3;1-3-2;1-3-4-2/h1-3H3;3H2,1-2H3;1-2H3. The largest absolute Gasteiger partial charge is 0.319 e. The van der Waals surface area contributed by atoms with E-state index in [1.165, 1.54) is 18.5 Å². The minimum absolute atomic E-state index is 1.25. The SMILES string of the molecule is CCC.CN(C)C.COSC. The zero-order valence-corrected chi connectivity index (χ0v) is 9.79. The van der Waals surface area contributed by atoms with Crippen molar-refractivity contribution in [2.45, 2.75) is 20.3 Å². The quantitative estimate of drug-likeness (QED) is 0.577. The molecule has 2 nitrogen and oxygen atoms in total. The van der Waals surface area contributed by atoms with Crippen molar-refractivity contribution in [1.29, 1.82) is 0 Å². The fraction of sp³-hybridized carbons (Fsp3) is 1.00. The van der Waals surface area contributed by atoms with Gasteiger partial charge in [0.25, 0.3) is 0 Å². The molecule has 0 aliphatic carbocycles. The minimum atomic E-state index is 1.25. The van der Waals surface area contributed by atoms with Crippen LogP contribution in [0.2, 0.25) is 0 Å². The maximum absolute atomic E-state index is 4.46. The van der Waals surface area contributed by atoms with Crippen molar-refractivity contribution < 1.29 is 4.18 Å². The molecule has 0 bridgehead atoms. The van der Waals surface area contributed by atoms with E-state index >= 15 is 0 Å². The lowest BCUT2D eigenvalue weighted by Crippen LogP contribution is -1.99. The molecule has 0 saturated carbocycles. The Balaban J connectivity index is -0.0000000886. The molecule has 0 amide bonds. The second-order valence-corrected chi connectivity index (χ2v) is 3.05. The summed E-state index contributed by atoms with van der Waals surface area (Å²) in [4.78, 5) is 2.00. The first-order valence-corrected chi connectivity index (χ1v) is 4.89. The second-order valence-electron chi connectivity index (χ2n) is 2.38. The third kappa shape index (κ3) is 435. The van der Waals surface area contributed by atoms with Crippen LogP contribution < -0.4 is 0 Å². The number of hydrogen-bond acceptors (Lipinski definition) is 3. The number of rotatable bonds is 1. The van der Waals surface area contributed by atoms with Crippen LogP contribution in [0.4, 0.5) is 0 Å². The molecule has 3 heteroatoms. The zero-order chi connectivity index (χ0) is 9.70. The van der Waals surface area contributed by atoms with E-state index in [2.05, 4.69) is 18.0 Å². The second kappa shape index (κ2) is 22.4.